The Balaban J connectivity index is 1.28. The van der Waals surface area contributed by atoms with Crippen LogP contribution in [-0.4, -0.2) is 48.7 Å². The first kappa shape index (κ1) is 22.0. The number of nitrogens with zero attached hydrogens (tertiary/aromatic N) is 3. The Morgan fingerprint density at radius 3 is 2.17 bits per heavy atom. The van der Waals surface area contributed by atoms with Crippen molar-refractivity contribution in [2.24, 2.45) is 0 Å². The van der Waals surface area contributed by atoms with Gasteiger partial charge in [-0.25, -0.2) is 0 Å². The van der Waals surface area contributed by atoms with Gasteiger partial charge in [0.2, 0.25) is 0 Å². The third-order valence-electron chi connectivity index (χ3n) is 7.04. The van der Waals surface area contributed by atoms with E-state index in [1.807, 2.05) is 12.1 Å². The summed E-state index contributed by atoms with van der Waals surface area (Å²) in [5.74, 6) is 0. The molecule has 6 rings (SSSR count). The van der Waals surface area contributed by atoms with Crippen LogP contribution in [0.15, 0.2) is 109 Å². The maximum absolute atomic E-state index is 6.20. The lowest BCUT2D eigenvalue weighted by Crippen LogP contribution is -2.48. The minimum atomic E-state index is 0.119. The predicted molar refractivity (Wildman–Crippen MR) is 146 cm³/mol. The summed E-state index contributed by atoms with van der Waals surface area (Å²) >= 11 is 6.20. The smallest absolute Gasteiger partial charge is 0.123 e. The van der Waals surface area contributed by atoms with Gasteiger partial charge in [-0.1, -0.05) is 78.3 Å². The van der Waals surface area contributed by atoms with Gasteiger partial charge in [0.1, 0.15) is 6.17 Å². The van der Waals surface area contributed by atoms with E-state index in [1.165, 1.54) is 33.8 Å². The summed E-state index contributed by atoms with van der Waals surface area (Å²) in [6, 6.07) is 29.5. The molecule has 35 heavy (non-hydrogen) atoms. The van der Waals surface area contributed by atoms with E-state index in [1.54, 1.807) is 0 Å². The van der Waals surface area contributed by atoms with E-state index in [9.17, 15) is 0 Å². The van der Waals surface area contributed by atoms with Crippen LogP contribution in [0, 0.1) is 0 Å². The van der Waals surface area contributed by atoms with Crippen molar-refractivity contribution in [2.75, 3.05) is 37.6 Å². The van der Waals surface area contributed by atoms with Crippen LogP contribution in [-0.2, 0) is 0 Å². The number of piperazine rings is 1. The monoisotopic (exact) mass is 480 g/mol. The second-order valence-corrected chi connectivity index (χ2v) is 9.67. The predicted octanol–water partition coefficient (Wildman–Crippen LogP) is 5.67. The topological polar surface area (TPSA) is 21.8 Å². The number of hydrogen-bond donors (Lipinski definition) is 1. The molecule has 3 aliphatic heterocycles. The molecule has 1 N–H and O–H groups in total. The molecule has 0 aromatic heterocycles. The van der Waals surface area contributed by atoms with Crippen molar-refractivity contribution in [3.8, 4) is 0 Å². The number of allylic oxidation sites excluding steroid dienone is 2. The molecule has 1 saturated heterocycles. The summed E-state index contributed by atoms with van der Waals surface area (Å²) in [5, 5.41) is 4.53. The first-order chi connectivity index (χ1) is 17.2. The molecule has 0 radical (unpaired) electrons. The van der Waals surface area contributed by atoms with Gasteiger partial charge >= 0.3 is 0 Å². The molecular formula is C30H29ClN4. The zero-order valence-corrected chi connectivity index (χ0v) is 20.4. The fourth-order valence-corrected chi connectivity index (χ4v) is 5.25. The van der Waals surface area contributed by atoms with Crippen LogP contribution in [0.25, 0.3) is 11.3 Å². The minimum Gasteiger partial charge on any atom is -0.369 e. The van der Waals surface area contributed by atoms with Crippen molar-refractivity contribution < 1.29 is 0 Å². The molecule has 1 fully saturated rings. The molecule has 3 aromatic carbocycles. The molecule has 3 aromatic rings. The molecule has 4 nitrogen and oxygen atoms in total. The van der Waals surface area contributed by atoms with Gasteiger partial charge in [-0.3, -0.25) is 4.90 Å². The maximum atomic E-state index is 6.20. The minimum absolute atomic E-state index is 0.119. The zero-order valence-electron chi connectivity index (χ0n) is 19.6. The Morgan fingerprint density at radius 2 is 1.46 bits per heavy atom. The molecule has 3 heterocycles. The van der Waals surface area contributed by atoms with E-state index >= 15 is 0 Å². The summed E-state index contributed by atoms with van der Waals surface area (Å²) in [6.07, 6.45) is 6.91. The SMILES string of the molecule is Clc1ccc(C2=C(CN3CCN(c4ccccc4)CC3)N3C=C(c4ccccc4)C=CC3N2)cc1. The van der Waals surface area contributed by atoms with E-state index in [0.717, 1.165) is 37.7 Å². The lowest BCUT2D eigenvalue weighted by atomic mass is 10.0. The number of benzene rings is 3. The fourth-order valence-electron chi connectivity index (χ4n) is 5.13. The number of halogens is 1. The Bertz CT molecular complexity index is 1260. The van der Waals surface area contributed by atoms with Gasteiger partial charge in [0.25, 0.3) is 0 Å². The molecule has 0 spiro atoms. The zero-order chi connectivity index (χ0) is 23.6. The molecule has 0 bridgehead atoms. The van der Waals surface area contributed by atoms with Gasteiger partial charge in [-0.2, -0.15) is 0 Å². The van der Waals surface area contributed by atoms with Gasteiger partial charge in [0, 0.05) is 49.6 Å². The molecule has 0 aliphatic carbocycles. The first-order valence-corrected chi connectivity index (χ1v) is 12.6. The van der Waals surface area contributed by atoms with E-state index < -0.39 is 0 Å². The Morgan fingerprint density at radius 1 is 0.771 bits per heavy atom. The quantitative estimate of drug-likeness (QED) is 0.507. The molecule has 5 heteroatoms. The van der Waals surface area contributed by atoms with E-state index in [-0.39, 0.29) is 6.17 Å². The maximum Gasteiger partial charge on any atom is 0.123 e. The lowest BCUT2D eigenvalue weighted by Gasteiger charge is -2.37. The number of rotatable bonds is 5. The molecule has 0 amide bonds. The second-order valence-electron chi connectivity index (χ2n) is 9.23. The Hall–Kier alpha value is -3.47. The summed E-state index contributed by atoms with van der Waals surface area (Å²) < 4.78 is 0. The van der Waals surface area contributed by atoms with Crippen molar-refractivity contribution in [2.45, 2.75) is 6.17 Å². The number of nitrogens with one attached hydrogen (secondary N) is 1. The summed E-state index contributed by atoms with van der Waals surface area (Å²) in [5.41, 5.74) is 7.44. The van der Waals surface area contributed by atoms with Crippen LogP contribution < -0.4 is 10.2 Å². The van der Waals surface area contributed by atoms with Gasteiger partial charge in [-0.05, 0) is 47.0 Å². The standard InChI is InChI=1S/C30H29ClN4/c31-26-14-11-24(12-15-26)30-28(22-33-17-19-34(20-18-33)27-9-5-2-6-10-27)35-21-25(13-16-29(35)32-30)23-7-3-1-4-8-23/h1-16,21,29,32H,17-20,22H2. The normalized spacial score (nSPS) is 20.0. The summed E-state index contributed by atoms with van der Waals surface area (Å²) in [4.78, 5) is 7.47. The van der Waals surface area contributed by atoms with Crippen molar-refractivity contribution in [3.63, 3.8) is 0 Å². The third kappa shape index (κ3) is 4.60. The highest BCUT2D eigenvalue weighted by atomic mass is 35.5. The van der Waals surface area contributed by atoms with Crippen molar-refractivity contribution in [3.05, 3.63) is 125 Å². The summed E-state index contributed by atoms with van der Waals surface area (Å²) in [7, 11) is 0. The van der Waals surface area contributed by atoms with Gasteiger partial charge in [-0.15, -0.1) is 0 Å². The second kappa shape index (κ2) is 9.65. The Kier molecular flexibility index (Phi) is 6.07. The molecule has 3 aliphatic rings. The van der Waals surface area contributed by atoms with Crippen LogP contribution in [0.5, 0.6) is 0 Å². The molecule has 176 valence electrons. The third-order valence-corrected chi connectivity index (χ3v) is 7.29. The van der Waals surface area contributed by atoms with Crippen molar-refractivity contribution >= 4 is 28.6 Å². The van der Waals surface area contributed by atoms with E-state index in [4.69, 9.17) is 11.6 Å². The van der Waals surface area contributed by atoms with Crippen LogP contribution >= 0.6 is 11.6 Å². The largest absolute Gasteiger partial charge is 0.369 e. The molecule has 0 saturated carbocycles. The molecular weight excluding hydrogens is 452 g/mol. The number of hydrogen-bond acceptors (Lipinski definition) is 4. The highest BCUT2D eigenvalue weighted by molar-refractivity contribution is 6.30. The van der Waals surface area contributed by atoms with Crippen LogP contribution in [0.4, 0.5) is 5.69 Å². The Labute approximate surface area is 212 Å². The summed E-state index contributed by atoms with van der Waals surface area (Å²) in [6.45, 7) is 5.05. The van der Waals surface area contributed by atoms with Crippen molar-refractivity contribution in [1.82, 2.24) is 15.1 Å². The lowest BCUT2D eigenvalue weighted by molar-refractivity contribution is 0.254. The van der Waals surface area contributed by atoms with E-state index in [0.29, 0.717) is 0 Å². The number of para-hydroxylation sites is 1. The molecule has 1 atom stereocenters. The van der Waals surface area contributed by atoms with Crippen LogP contribution in [0.3, 0.4) is 0 Å². The van der Waals surface area contributed by atoms with Gasteiger partial charge in [0.15, 0.2) is 0 Å². The average Bonchev–Trinajstić information content (AvgIpc) is 3.28. The van der Waals surface area contributed by atoms with Crippen LogP contribution in [0.2, 0.25) is 5.02 Å². The molecule has 1 unspecified atom stereocenters. The average molecular weight is 481 g/mol. The van der Waals surface area contributed by atoms with Crippen LogP contribution in [0.1, 0.15) is 11.1 Å². The van der Waals surface area contributed by atoms with Gasteiger partial charge < -0.3 is 15.1 Å². The highest BCUT2D eigenvalue weighted by Crippen LogP contribution is 2.34. The first-order valence-electron chi connectivity index (χ1n) is 12.3. The number of fused-ring (bicyclic) bond motifs is 1. The van der Waals surface area contributed by atoms with Crippen molar-refractivity contribution in [1.29, 1.82) is 0 Å². The number of anilines is 1. The highest BCUT2D eigenvalue weighted by Gasteiger charge is 2.33. The van der Waals surface area contributed by atoms with E-state index in [2.05, 4.69) is 111 Å². The fraction of sp³-hybridized carbons (Fsp3) is 0.200. The van der Waals surface area contributed by atoms with Gasteiger partial charge in [0.05, 0.1) is 11.4 Å².